The summed E-state index contributed by atoms with van der Waals surface area (Å²) >= 11 is 1.92. The molecule has 1 heterocycles. The molecule has 0 bridgehead atoms. The van der Waals surface area contributed by atoms with Gasteiger partial charge in [0.2, 0.25) is 0 Å². The number of thioether (sulfide) groups is 1. The maximum atomic E-state index is 11.2. The predicted molar refractivity (Wildman–Crippen MR) is 62.2 cm³/mol. The van der Waals surface area contributed by atoms with Crippen molar-refractivity contribution in [3.63, 3.8) is 0 Å². The highest BCUT2D eigenvalue weighted by Crippen LogP contribution is 2.24. The van der Waals surface area contributed by atoms with E-state index in [0.29, 0.717) is 11.8 Å². The van der Waals surface area contributed by atoms with Crippen molar-refractivity contribution in [3.05, 3.63) is 0 Å². The first-order valence-electron chi connectivity index (χ1n) is 5.31. The van der Waals surface area contributed by atoms with Gasteiger partial charge in [0.1, 0.15) is 5.78 Å². The Hall–Kier alpha value is -0.710. The molecule has 1 aliphatic rings. The number of amides is 2. The van der Waals surface area contributed by atoms with E-state index >= 15 is 0 Å². The fourth-order valence-corrected chi connectivity index (χ4v) is 2.68. The number of hydrogen-bond acceptors (Lipinski definition) is 3. The van der Waals surface area contributed by atoms with Crippen LogP contribution in [0.25, 0.3) is 0 Å². The molecule has 1 atom stereocenters. The summed E-state index contributed by atoms with van der Waals surface area (Å²) in [5.74, 6) is 1.17. The van der Waals surface area contributed by atoms with Crippen LogP contribution in [-0.2, 0) is 4.79 Å². The Labute approximate surface area is 94.6 Å². The highest BCUT2D eigenvalue weighted by atomic mass is 32.2. The van der Waals surface area contributed by atoms with E-state index in [1.165, 1.54) is 31.9 Å². The zero-order valence-corrected chi connectivity index (χ0v) is 9.86. The van der Waals surface area contributed by atoms with Crippen LogP contribution in [0.4, 0.5) is 4.79 Å². The zero-order valence-electron chi connectivity index (χ0n) is 9.04. The molecule has 0 aromatic heterocycles. The van der Waals surface area contributed by atoms with E-state index in [0.717, 1.165) is 0 Å². The number of Topliss-reactive ketones (excluding diaryl/α,β-unsaturated/α-hetero) is 1. The van der Waals surface area contributed by atoms with Gasteiger partial charge in [-0.3, -0.25) is 4.79 Å². The van der Waals surface area contributed by atoms with Crippen molar-refractivity contribution in [2.75, 3.05) is 18.8 Å². The SMILES string of the molecule is CC(=O)CNC(=O)NCC1CCCCS1. The number of nitrogens with one attached hydrogen (secondary N) is 2. The van der Waals surface area contributed by atoms with Gasteiger partial charge in [-0.1, -0.05) is 6.42 Å². The van der Waals surface area contributed by atoms with E-state index < -0.39 is 0 Å². The second-order valence-corrected chi connectivity index (χ2v) is 5.16. The fourth-order valence-electron chi connectivity index (χ4n) is 1.44. The molecule has 0 spiro atoms. The molecule has 1 fully saturated rings. The van der Waals surface area contributed by atoms with Gasteiger partial charge < -0.3 is 10.6 Å². The Balaban J connectivity index is 2.07. The minimum atomic E-state index is -0.239. The van der Waals surface area contributed by atoms with Crippen LogP contribution >= 0.6 is 11.8 Å². The van der Waals surface area contributed by atoms with Crippen LogP contribution in [0.1, 0.15) is 26.2 Å². The first-order valence-corrected chi connectivity index (χ1v) is 6.36. The Morgan fingerprint density at radius 3 is 2.73 bits per heavy atom. The van der Waals surface area contributed by atoms with Crippen molar-refractivity contribution in [2.24, 2.45) is 0 Å². The molecule has 1 aliphatic heterocycles. The molecule has 0 aromatic rings. The lowest BCUT2D eigenvalue weighted by Crippen LogP contribution is -2.41. The first kappa shape index (κ1) is 12.4. The molecule has 0 aliphatic carbocycles. The molecular formula is C10H18N2O2S. The van der Waals surface area contributed by atoms with Gasteiger partial charge in [0.25, 0.3) is 0 Å². The summed E-state index contributed by atoms with van der Waals surface area (Å²) in [6.45, 7) is 2.27. The van der Waals surface area contributed by atoms with Crippen LogP contribution in [-0.4, -0.2) is 35.9 Å². The number of urea groups is 1. The minimum absolute atomic E-state index is 0.0304. The molecule has 0 radical (unpaired) electrons. The minimum Gasteiger partial charge on any atom is -0.337 e. The lowest BCUT2D eigenvalue weighted by molar-refractivity contribution is -0.116. The summed E-state index contributed by atoms with van der Waals surface area (Å²) in [6.07, 6.45) is 3.73. The van der Waals surface area contributed by atoms with Gasteiger partial charge in [0.05, 0.1) is 6.54 Å². The first-order chi connectivity index (χ1) is 7.18. The second-order valence-electron chi connectivity index (χ2n) is 3.75. The van der Waals surface area contributed by atoms with Gasteiger partial charge in [-0.05, 0) is 25.5 Å². The summed E-state index contributed by atoms with van der Waals surface area (Å²) in [7, 11) is 0. The third kappa shape index (κ3) is 5.67. The monoisotopic (exact) mass is 230 g/mol. The Morgan fingerprint density at radius 1 is 1.33 bits per heavy atom. The van der Waals surface area contributed by atoms with Gasteiger partial charge >= 0.3 is 6.03 Å². The Bertz CT molecular complexity index is 227. The van der Waals surface area contributed by atoms with Crippen LogP contribution in [0.2, 0.25) is 0 Å². The smallest absolute Gasteiger partial charge is 0.315 e. The van der Waals surface area contributed by atoms with Crippen molar-refractivity contribution in [2.45, 2.75) is 31.4 Å². The van der Waals surface area contributed by atoms with E-state index in [1.54, 1.807) is 0 Å². The maximum absolute atomic E-state index is 11.2. The van der Waals surface area contributed by atoms with E-state index in [4.69, 9.17) is 0 Å². The third-order valence-corrected chi connectivity index (χ3v) is 3.66. The van der Waals surface area contributed by atoms with Crippen molar-refractivity contribution in [3.8, 4) is 0 Å². The molecule has 86 valence electrons. The Kier molecular flexibility index (Phi) is 5.53. The molecule has 0 saturated carbocycles. The predicted octanol–water partition coefficient (Wildman–Crippen LogP) is 1.16. The largest absolute Gasteiger partial charge is 0.337 e. The summed E-state index contributed by atoms with van der Waals surface area (Å²) < 4.78 is 0. The molecule has 5 heteroatoms. The van der Waals surface area contributed by atoms with Crippen LogP contribution in [0.15, 0.2) is 0 Å². The molecule has 1 saturated heterocycles. The van der Waals surface area contributed by atoms with Gasteiger partial charge in [-0.25, -0.2) is 4.79 Å². The highest BCUT2D eigenvalue weighted by molar-refractivity contribution is 7.99. The van der Waals surface area contributed by atoms with Crippen LogP contribution in [0.3, 0.4) is 0 Å². The number of carbonyl (C=O) groups excluding carboxylic acids is 2. The van der Waals surface area contributed by atoms with Crippen molar-refractivity contribution >= 4 is 23.6 Å². The van der Waals surface area contributed by atoms with E-state index in [2.05, 4.69) is 10.6 Å². The second kappa shape index (κ2) is 6.71. The van der Waals surface area contributed by atoms with E-state index in [1.807, 2.05) is 11.8 Å². The zero-order chi connectivity index (χ0) is 11.1. The standard InChI is InChI=1S/C10H18N2O2S/c1-8(13)6-11-10(14)12-7-9-4-2-3-5-15-9/h9H,2-7H2,1H3,(H2,11,12,14). The van der Waals surface area contributed by atoms with Crippen molar-refractivity contribution in [1.82, 2.24) is 10.6 Å². The van der Waals surface area contributed by atoms with Gasteiger partial charge in [-0.2, -0.15) is 11.8 Å². The summed E-state index contributed by atoms with van der Waals surface area (Å²) in [5.41, 5.74) is 0. The maximum Gasteiger partial charge on any atom is 0.315 e. The van der Waals surface area contributed by atoms with Crippen LogP contribution < -0.4 is 10.6 Å². The van der Waals surface area contributed by atoms with Gasteiger partial charge in [0, 0.05) is 11.8 Å². The van der Waals surface area contributed by atoms with Crippen LogP contribution in [0.5, 0.6) is 0 Å². The van der Waals surface area contributed by atoms with Crippen molar-refractivity contribution in [1.29, 1.82) is 0 Å². The number of rotatable bonds is 4. The average Bonchev–Trinajstić information content (AvgIpc) is 2.25. The summed E-state index contributed by atoms with van der Waals surface area (Å²) in [5, 5.41) is 5.84. The lowest BCUT2D eigenvalue weighted by Gasteiger charge is -2.21. The number of ketones is 1. The Morgan fingerprint density at radius 2 is 2.13 bits per heavy atom. The van der Waals surface area contributed by atoms with Crippen LogP contribution in [0, 0.1) is 0 Å². The summed E-state index contributed by atoms with van der Waals surface area (Å²) in [4.78, 5) is 21.8. The average molecular weight is 230 g/mol. The molecule has 0 aromatic carbocycles. The van der Waals surface area contributed by atoms with Gasteiger partial charge in [-0.15, -0.1) is 0 Å². The molecule has 1 unspecified atom stereocenters. The number of hydrogen-bond donors (Lipinski definition) is 2. The summed E-state index contributed by atoms with van der Waals surface area (Å²) in [6, 6.07) is -0.239. The normalized spacial score (nSPS) is 20.7. The molecule has 1 rings (SSSR count). The molecule has 4 nitrogen and oxygen atoms in total. The quantitative estimate of drug-likeness (QED) is 0.762. The fraction of sp³-hybridized carbons (Fsp3) is 0.800. The molecule has 15 heavy (non-hydrogen) atoms. The number of carbonyl (C=O) groups is 2. The van der Waals surface area contributed by atoms with E-state index in [-0.39, 0.29) is 18.4 Å². The lowest BCUT2D eigenvalue weighted by atomic mass is 10.2. The topological polar surface area (TPSA) is 58.2 Å². The molecule has 2 N–H and O–H groups in total. The molecule has 2 amide bonds. The third-order valence-electron chi connectivity index (χ3n) is 2.26. The van der Waals surface area contributed by atoms with Crippen molar-refractivity contribution < 1.29 is 9.59 Å². The molecular weight excluding hydrogens is 212 g/mol. The van der Waals surface area contributed by atoms with E-state index in [9.17, 15) is 9.59 Å². The van der Waals surface area contributed by atoms with Gasteiger partial charge in [0.15, 0.2) is 0 Å². The highest BCUT2D eigenvalue weighted by Gasteiger charge is 2.14.